The maximum absolute atomic E-state index is 12.7. The molecule has 0 atom stereocenters. The molecule has 0 radical (unpaired) electrons. The number of ether oxygens (including phenoxy) is 2. The quantitative estimate of drug-likeness (QED) is 0.583. The zero-order valence-electron chi connectivity index (χ0n) is 14.3. The number of hydrogen-bond acceptors (Lipinski definition) is 6. The van der Waals surface area contributed by atoms with Crippen molar-refractivity contribution in [1.82, 2.24) is 4.90 Å². The minimum absolute atomic E-state index is 0.171. The first-order valence-electron chi connectivity index (χ1n) is 8.20. The molecule has 142 valence electrons. The summed E-state index contributed by atoms with van der Waals surface area (Å²) in [5.41, 5.74) is 1.34. The van der Waals surface area contributed by atoms with Crippen LogP contribution >= 0.6 is 35.6 Å². The summed E-state index contributed by atoms with van der Waals surface area (Å²) >= 11 is 12.3. The first-order chi connectivity index (χ1) is 13.5. The van der Waals surface area contributed by atoms with E-state index in [-0.39, 0.29) is 25.2 Å². The average molecular weight is 433 g/mol. The lowest BCUT2D eigenvalue weighted by molar-refractivity contribution is -0.126. The Morgan fingerprint density at radius 3 is 2.89 bits per heavy atom. The first kappa shape index (κ1) is 18.8. The number of carbonyl (C=O) groups is 2. The van der Waals surface area contributed by atoms with Crippen molar-refractivity contribution in [2.24, 2.45) is 0 Å². The van der Waals surface area contributed by atoms with Crippen molar-refractivity contribution in [3.05, 3.63) is 58.0 Å². The summed E-state index contributed by atoms with van der Waals surface area (Å²) < 4.78 is 11.0. The van der Waals surface area contributed by atoms with Gasteiger partial charge in [0.05, 0.1) is 4.91 Å². The Bertz CT molecular complexity index is 1020. The van der Waals surface area contributed by atoms with Gasteiger partial charge in [0, 0.05) is 10.7 Å². The van der Waals surface area contributed by atoms with Crippen LogP contribution in [0.15, 0.2) is 47.4 Å². The van der Waals surface area contributed by atoms with E-state index in [1.54, 1.807) is 42.5 Å². The number of rotatable bonds is 4. The van der Waals surface area contributed by atoms with E-state index in [2.05, 4.69) is 5.32 Å². The fourth-order valence-electron chi connectivity index (χ4n) is 2.70. The highest BCUT2D eigenvalue weighted by Crippen LogP contribution is 2.36. The molecular formula is C19H13ClN2O4S2. The van der Waals surface area contributed by atoms with Gasteiger partial charge in [-0.3, -0.25) is 14.5 Å². The lowest BCUT2D eigenvalue weighted by Crippen LogP contribution is -2.36. The molecule has 2 amide bonds. The van der Waals surface area contributed by atoms with Gasteiger partial charge in [0.25, 0.3) is 5.91 Å². The van der Waals surface area contributed by atoms with Gasteiger partial charge in [-0.05, 0) is 42.0 Å². The maximum atomic E-state index is 12.7. The number of thiocarbonyl (C=S) groups is 1. The molecule has 1 saturated heterocycles. The highest BCUT2D eigenvalue weighted by molar-refractivity contribution is 8.26. The highest BCUT2D eigenvalue weighted by Gasteiger charge is 2.33. The molecule has 9 heteroatoms. The first-order valence-corrected chi connectivity index (χ1v) is 9.80. The third-order valence-electron chi connectivity index (χ3n) is 3.98. The highest BCUT2D eigenvalue weighted by atomic mass is 35.5. The second-order valence-corrected chi connectivity index (χ2v) is 8.05. The van der Waals surface area contributed by atoms with Crippen LogP contribution in [0.4, 0.5) is 5.69 Å². The van der Waals surface area contributed by atoms with Crippen LogP contribution in [-0.4, -0.2) is 34.4 Å². The number of nitrogens with one attached hydrogen (secondary N) is 1. The van der Waals surface area contributed by atoms with Gasteiger partial charge in [-0.2, -0.15) is 0 Å². The average Bonchev–Trinajstić information content (AvgIpc) is 3.21. The number of carbonyl (C=O) groups excluding carboxylic acids is 2. The van der Waals surface area contributed by atoms with Crippen LogP contribution in [0.3, 0.4) is 0 Å². The number of amides is 2. The number of benzene rings is 2. The molecule has 0 aromatic heterocycles. The van der Waals surface area contributed by atoms with Gasteiger partial charge in [0.2, 0.25) is 12.7 Å². The van der Waals surface area contributed by atoms with Crippen LogP contribution in [0.2, 0.25) is 5.02 Å². The van der Waals surface area contributed by atoms with E-state index in [0.717, 1.165) is 17.3 Å². The number of nitrogens with zero attached hydrogens (tertiary/aromatic N) is 1. The number of hydrogen-bond donors (Lipinski definition) is 1. The standard InChI is InChI=1S/C19H13ClN2O4S2/c20-12-2-1-3-13(8-12)21-17(23)9-22-18(24)16(28-19(22)27)7-11-4-5-14-15(6-11)26-10-25-14/h1-8H,9-10H2,(H,21,23)/b16-7-. The minimum atomic E-state index is -0.358. The van der Waals surface area contributed by atoms with E-state index < -0.39 is 0 Å². The van der Waals surface area contributed by atoms with Gasteiger partial charge in [-0.1, -0.05) is 47.7 Å². The number of anilines is 1. The molecule has 0 unspecified atom stereocenters. The molecule has 0 bridgehead atoms. The summed E-state index contributed by atoms with van der Waals surface area (Å²) in [4.78, 5) is 26.7. The van der Waals surface area contributed by atoms with Crippen LogP contribution in [0, 0.1) is 0 Å². The molecule has 28 heavy (non-hydrogen) atoms. The molecule has 2 aliphatic heterocycles. The fourth-order valence-corrected chi connectivity index (χ4v) is 4.15. The van der Waals surface area contributed by atoms with Crippen molar-refractivity contribution in [1.29, 1.82) is 0 Å². The number of fused-ring (bicyclic) bond motifs is 1. The van der Waals surface area contributed by atoms with Crippen LogP contribution < -0.4 is 14.8 Å². The largest absolute Gasteiger partial charge is 0.454 e. The predicted molar refractivity (Wildman–Crippen MR) is 113 cm³/mol. The Balaban J connectivity index is 1.45. The molecule has 6 nitrogen and oxygen atoms in total. The van der Waals surface area contributed by atoms with E-state index in [1.807, 2.05) is 6.07 Å². The van der Waals surface area contributed by atoms with Crippen molar-refractivity contribution in [3.8, 4) is 11.5 Å². The molecule has 4 rings (SSSR count). The normalized spacial score (nSPS) is 16.8. The van der Waals surface area contributed by atoms with Gasteiger partial charge in [-0.25, -0.2) is 0 Å². The summed E-state index contributed by atoms with van der Waals surface area (Å²) in [6, 6.07) is 12.2. The Morgan fingerprint density at radius 1 is 1.25 bits per heavy atom. The summed E-state index contributed by atoms with van der Waals surface area (Å²) in [6.45, 7) is 0.0122. The van der Waals surface area contributed by atoms with Crippen LogP contribution in [-0.2, 0) is 9.59 Å². The van der Waals surface area contributed by atoms with Crippen LogP contribution in [0.5, 0.6) is 11.5 Å². The molecule has 2 heterocycles. The third kappa shape index (κ3) is 3.99. The third-order valence-corrected chi connectivity index (χ3v) is 5.59. The monoisotopic (exact) mass is 432 g/mol. The van der Waals surface area contributed by atoms with Gasteiger partial charge in [0.1, 0.15) is 10.9 Å². The van der Waals surface area contributed by atoms with Crippen molar-refractivity contribution in [2.45, 2.75) is 0 Å². The molecule has 2 aromatic rings. The van der Waals surface area contributed by atoms with Gasteiger partial charge in [0.15, 0.2) is 11.5 Å². The van der Waals surface area contributed by atoms with Gasteiger partial charge >= 0.3 is 0 Å². The molecule has 0 saturated carbocycles. The van der Waals surface area contributed by atoms with Crippen molar-refractivity contribution in [3.63, 3.8) is 0 Å². The van der Waals surface area contributed by atoms with Gasteiger partial charge < -0.3 is 14.8 Å². The summed E-state index contributed by atoms with van der Waals surface area (Å²) in [7, 11) is 0. The summed E-state index contributed by atoms with van der Waals surface area (Å²) in [6.07, 6.45) is 1.72. The van der Waals surface area contributed by atoms with E-state index in [9.17, 15) is 9.59 Å². The lowest BCUT2D eigenvalue weighted by Gasteiger charge is -2.14. The smallest absolute Gasteiger partial charge is 0.266 e. The lowest BCUT2D eigenvalue weighted by atomic mass is 10.2. The van der Waals surface area contributed by atoms with Crippen LogP contribution in [0.25, 0.3) is 6.08 Å². The van der Waals surface area contributed by atoms with Crippen molar-refractivity contribution < 1.29 is 19.1 Å². The van der Waals surface area contributed by atoms with E-state index in [1.165, 1.54) is 4.90 Å². The zero-order chi connectivity index (χ0) is 19.7. The van der Waals surface area contributed by atoms with E-state index in [0.29, 0.717) is 31.4 Å². The Kier molecular flexibility index (Phi) is 5.25. The summed E-state index contributed by atoms with van der Waals surface area (Å²) in [5, 5.41) is 3.22. The SMILES string of the molecule is O=C(CN1C(=O)/C(=C/c2ccc3c(c2)OCO3)SC1=S)Nc1cccc(Cl)c1. The van der Waals surface area contributed by atoms with E-state index in [4.69, 9.17) is 33.3 Å². The Morgan fingerprint density at radius 2 is 2.07 bits per heavy atom. The number of halogens is 1. The molecule has 1 N–H and O–H groups in total. The topological polar surface area (TPSA) is 67.9 Å². The van der Waals surface area contributed by atoms with Crippen molar-refractivity contribution in [2.75, 3.05) is 18.7 Å². The van der Waals surface area contributed by atoms with Crippen LogP contribution in [0.1, 0.15) is 5.56 Å². The Hall–Kier alpha value is -2.55. The molecule has 2 aromatic carbocycles. The molecule has 1 fully saturated rings. The molecular weight excluding hydrogens is 420 g/mol. The molecule has 0 aliphatic carbocycles. The minimum Gasteiger partial charge on any atom is -0.454 e. The molecule has 2 aliphatic rings. The second kappa shape index (κ2) is 7.83. The zero-order valence-corrected chi connectivity index (χ0v) is 16.7. The summed E-state index contributed by atoms with van der Waals surface area (Å²) in [5.74, 6) is 0.629. The second-order valence-electron chi connectivity index (χ2n) is 5.94. The fraction of sp³-hybridized carbons (Fsp3) is 0.105. The van der Waals surface area contributed by atoms with E-state index >= 15 is 0 Å². The number of thioether (sulfide) groups is 1. The van der Waals surface area contributed by atoms with Gasteiger partial charge in [-0.15, -0.1) is 0 Å². The molecule has 0 spiro atoms. The van der Waals surface area contributed by atoms with Crippen molar-refractivity contribution >= 4 is 63.5 Å². The maximum Gasteiger partial charge on any atom is 0.266 e. The Labute approximate surface area is 175 Å². The predicted octanol–water partition coefficient (Wildman–Crippen LogP) is 3.91.